The quantitative estimate of drug-likeness (QED) is 0.829. The maximum Gasteiger partial charge on any atom is 0.227 e. The average Bonchev–Trinajstić information content (AvgIpc) is 2.40. The summed E-state index contributed by atoms with van der Waals surface area (Å²) in [6.07, 6.45) is 5.43. The summed E-state index contributed by atoms with van der Waals surface area (Å²) in [4.78, 5) is 23.6. The molecule has 96 valence electrons. The molecule has 0 spiro atoms. The van der Waals surface area contributed by atoms with Crippen LogP contribution in [0.5, 0.6) is 0 Å². The lowest BCUT2D eigenvalue weighted by atomic mass is 9.88. The van der Waals surface area contributed by atoms with Crippen LogP contribution in [0.2, 0.25) is 0 Å². The van der Waals surface area contributed by atoms with E-state index in [-0.39, 0.29) is 17.6 Å². The van der Waals surface area contributed by atoms with Crippen molar-refractivity contribution in [2.24, 2.45) is 5.92 Å². The Morgan fingerprint density at radius 1 is 1.11 bits per heavy atom. The second-order valence-corrected chi connectivity index (χ2v) is 4.93. The maximum absolute atomic E-state index is 12.1. The molecule has 2 rings (SSSR count). The zero-order valence-electron chi connectivity index (χ0n) is 10.7. The Balaban J connectivity index is 2.08. The van der Waals surface area contributed by atoms with Gasteiger partial charge in [0, 0.05) is 11.5 Å². The third kappa shape index (κ3) is 2.97. The molecule has 3 nitrogen and oxygen atoms in total. The summed E-state index contributed by atoms with van der Waals surface area (Å²) in [5.74, 6) is 0.150. The van der Waals surface area contributed by atoms with Crippen molar-refractivity contribution in [3.8, 4) is 0 Å². The van der Waals surface area contributed by atoms with Crippen LogP contribution < -0.4 is 5.32 Å². The van der Waals surface area contributed by atoms with E-state index in [1.165, 1.54) is 13.3 Å². The second-order valence-electron chi connectivity index (χ2n) is 4.93. The molecular formula is C15H19NO2. The van der Waals surface area contributed by atoms with Crippen molar-refractivity contribution in [1.29, 1.82) is 0 Å². The van der Waals surface area contributed by atoms with Crippen molar-refractivity contribution in [3.05, 3.63) is 29.8 Å². The number of carbonyl (C=O) groups is 2. The van der Waals surface area contributed by atoms with Crippen molar-refractivity contribution in [1.82, 2.24) is 0 Å². The van der Waals surface area contributed by atoms with Gasteiger partial charge in [-0.3, -0.25) is 9.59 Å². The molecular weight excluding hydrogens is 226 g/mol. The number of carbonyl (C=O) groups excluding carboxylic acids is 2. The van der Waals surface area contributed by atoms with Gasteiger partial charge in [-0.1, -0.05) is 31.4 Å². The van der Waals surface area contributed by atoms with Gasteiger partial charge in [-0.05, 0) is 31.9 Å². The van der Waals surface area contributed by atoms with Gasteiger partial charge < -0.3 is 5.32 Å². The van der Waals surface area contributed by atoms with Crippen LogP contribution in [0.4, 0.5) is 5.69 Å². The van der Waals surface area contributed by atoms with E-state index in [9.17, 15) is 9.59 Å². The van der Waals surface area contributed by atoms with Crippen LogP contribution in [0.25, 0.3) is 0 Å². The number of hydrogen-bond acceptors (Lipinski definition) is 2. The van der Waals surface area contributed by atoms with Crippen LogP contribution >= 0.6 is 0 Å². The van der Waals surface area contributed by atoms with Gasteiger partial charge in [-0.2, -0.15) is 0 Å². The Labute approximate surface area is 108 Å². The van der Waals surface area contributed by atoms with Gasteiger partial charge in [-0.15, -0.1) is 0 Å². The minimum atomic E-state index is -0.0189. The van der Waals surface area contributed by atoms with E-state index in [0.717, 1.165) is 25.7 Å². The predicted octanol–water partition coefficient (Wildman–Crippen LogP) is 3.41. The summed E-state index contributed by atoms with van der Waals surface area (Å²) in [6.45, 7) is 1.52. The number of Topliss-reactive ketones (excluding diaryl/α,β-unsaturated/α-hetero) is 1. The van der Waals surface area contributed by atoms with Gasteiger partial charge in [0.25, 0.3) is 0 Å². The minimum absolute atomic E-state index is 0.0189. The monoisotopic (exact) mass is 245 g/mol. The molecule has 0 saturated heterocycles. The first kappa shape index (κ1) is 12.8. The Bertz CT molecular complexity index is 448. The van der Waals surface area contributed by atoms with Crippen LogP contribution in [-0.2, 0) is 4.79 Å². The fourth-order valence-corrected chi connectivity index (χ4v) is 2.50. The Kier molecular flexibility index (Phi) is 4.13. The molecule has 1 saturated carbocycles. The van der Waals surface area contributed by atoms with Crippen LogP contribution in [0.3, 0.4) is 0 Å². The minimum Gasteiger partial charge on any atom is -0.325 e. The van der Waals surface area contributed by atoms with E-state index in [2.05, 4.69) is 5.32 Å². The number of ketones is 1. The standard InChI is InChI=1S/C15H19NO2/c1-11(17)13-9-5-6-10-14(13)16-15(18)12-7-3-2-4-8-12/h5-6,9-10,12H,2-4,7-8H2,1H3,(H,16,18). The number of amides is 1. The third-order valence-electron chi connectivity index (χ3n) is 3.54. The Hall–Kier alpha value is -1.64. The largest absolute Gasteiger partial charge is 0.325 e. The first-order valence-corrected chi connectivity index (χ1v) is 6.59. The van der Waals surface area contributed by atoms with Gasteiger partial charge in [0.1, 0.15) is 0 Å². The lowest BCUT2D eigenvalue weighted by molar-refractivity contribution is -0.120. The SMILES string of the molecule is CC(=O)c1ccccc1NC(=O)C1CCCCC1. The van der Waals surface area contributed by atoms with Crippen molar-refractivity contribution in [2.45, 2.75) is 39.0 Å². The lowest BCUT2D eigenvalue weighted by Crippen LogP contribution is -2.25. The summed E-state index contributed by atoms with van der Waals surface area (Å²) in [5.41, 5.74) is 1.22. The van der Waals surface area contributed by atoms with Gasteiger partial charge in [0.2, 0.25) is 5.91 Å². The zero-order chi connectivity index (χ0) is 13.0. The van der Waals surface area contributed by atoms with E-state index in [4.69, 9.17) is 0 Å². The molecule has 3 heteroatoms. The number of rotatable bonds is 3. The Morgan fingerprint density at radius 2 is 1.78 bits per heavy atom. The van der Waals surface area contributed by atoms with Gasteiger partial charge in [0.05, 0.1) is 5.69 Å². The number of para-hydroxylation sites is 1. The molecule has 0 heterocycles. The number of benzene rings is 1. The van der Waals surface area contributed by atoms with Crippen molar-refractivity contribution in [2.75, 3.05) is 5.32 Å². The summed E-state index contributed by atoms with van der Waals surface area (Å²) < 4.78 is 0. The molecule has 1 aromatic rings. The highest BCUT2D eigenvalue weighted by Crippen LogP contribution is 2.25. The van der Waals surface area contributed by atoms with E-state index >= 15 is 0 Å². The topological polar surface area (TPSA) is 46.2 Å². The highest BCUT2D eigenvalue weighted by molar-refractivity contribution is 6.04. The van der Waals surface area contributed by atoms with E-state index in [0.29, 0.717) is 11.3 Å². The fraction of sp³-hybridized carbons (Fsp3) is 0.467. The van der Waals surface area contributed by atoms with Crippen LogP contribution in [-0.4, -0.2) is 11.7 Å². The van der Waals surface area contributed by atoms with Crippen LogP contribution in [0.15, 0.2) is 24.3 Å². The fourth-order valence-electron chi connectivity index (χ4n) is 2.50. The number of hydrogen-bond donors (Lipinski definition) is 1. The highest BCUT2D eigenvalue weighted by Gasteiger charge is 2.21. The Morgan fingerprint density at radius 3 is 2.44 bits per heavy atom. The first-order chi connectivity index (χ1) is 8.68. The van der Waals surface area contributed by atoms with Gasteiger partial charge >= 0.3 is 0 Å². The van der Waals surface area contributed by atoms with Crippen molar-refractivity contribution < 1.29 is 9.59 Å². The molecule has 1 aromatic carbocycles. The molecule has 1 N–H and O–H groups in total. The lowest BCUT2D eigenvalue weighted by Gasteiger charge is -2.21. The van der Waals surface area contributed by atoms with E-state index < -0.39 is 0 Å². The number of nitrogens with one attached hydrogen (secondary N) is 1. The molecule has 0 atom stereocenters. The summed E-state index contributed by atoms with van der Waals surface area (Å²) in [5, 5.41) is 2.90. The predicted molar refractivity (Wildman–Crippen MR) is 71.7 cm³/mol. The van der Waals surface area contributed by atoms with Crippen molar-refractivity contribution >= 4 is 17.4 Å². The van der Waals surface area contributed by atoms with Crippen LogP contribution in [0, 0.1) is 5.92 Å². The van der Waals surface area contributed by atoms with Gasteiger partial charge in [-0.25, -0.2) is 0 Å². The molecule has 0 radical (unpaired) electrons. The molecule has 0 aromatic heterocycles. The van der Waals surface area contributed by atoms with E-state index in [1.807, 2.05) is 12.1 Å². The molecule has 1 aliphatic rings. The average molecular weight is 245 g/mol. The molecule has 1 fully saturated rings. The molecule has 0 bridgehead atoms. The molecule has 1 amide bonds. The molecule has 18 heavy (non-hydrogen) atoms. The summed E-state index contributed by atoms with van der Waals surface area (Å²) in [7, 11) is 0. The summed E-state index contributed by atoms with van der Waals surface area (Å²) in [6, 6.07) is 7.19. The second kappa shape index (κ2) is 5.80. The normalized spacial score (nSPS) is 16.3. The number of anilines is 1. The molecule has 1 aliphatic carbocycles. The van der Waals surface area contributed by atoms with E-state index in [1.54, 1.807) is 12.1 Å². The zero-order valence-corrected chi connectivity index (χ0v) is 10.7. The van der Waals surface area contributed by atoms with Crippen LogP contribution in [0.1, 0.15) is 49.4 Å². The summed E-state index contributed by atoms with van der Waals surface area (Å²) >= 11 is 0. The first-order valence-electron chi connectivity index (χ1n) is 6.59. The smallest absolute Gasteiger partial charge is 0.227 e. The van der Waals surface area contributed by atoms with Gasteiger partial charge in [0.15, 0.2) is 5.78 Å². The molecule has 0 unspecified atom stereocenters. The molecule has 0 aliphatic heterocycles. The third-order valence-corrected chi connectivity index (χ3v) is 3.54. The van der Waals surface area contributed by atoms with Crippen molar-refractivity contribution in [3.63, 3.8) is 0 Å². The highest BCUT2D eigenvalue weighted by atomic mass is 16.2. The maximum atomic E-state index is 12.1.